The number of ether oxygens (including phenoxy) is 2. The first kappa shape index (κ1) is 23.0. The number of hydrogen-bond donors (Lipinski definition) is 2. The molecule has 0 unspecified atom stereocenters. The van der Waals surface area contributed by atoms with E-state index in [1.54, 1.807) is 55.6 Å². The Labute approximate surface area is 194 Å². The maximum atomic E-state index is 12.5. The Hall–Kier alpha value is -3.65. The molecule has 0 aliphatic rings. The lowest BCUT2D eigenvalue weighted by Crippen LogP contribution is -2.18. The standard InChI is InChI=1S/C24H22BrN3O4/c1-15-7-4-5-10-19(15)24(30)27-18-9-6-8-16(11-18)23(29)28-26-14-17-12-20(25)22(32-3)13-21(17)31-2/h4-14H,1-3H3,(H,27,30)(H,28,29)/b26-14-. The number of anilines is 1. The molecule has 2 amide bonds. The van der Waals surface area contributed by atoms with Crippen molar-refractivity contribution in [2.75, 3.05) is 19.5 Å². The van der Waals surface area contributed by atoms with Crippen molar-refractivity contribution in [1.82, 2.24) is 5.43 Å². The number of methoxy groups -OCH3 is 2. The topological polar surface area (TPSA) is 89.0 Å². The molecule has 0 aliphatic carbocycles. The van der Waals surface area contributed by atoms with E-state index in [-0.39, 0.29) is 5.91 Å². The molecule has 164 valence electrons. The van der Waals surface area contributed by atoms with Crippen LogP contribution in [0.5, 0.6) is 11.5 Å². The SMILES string of the molecule is COc1cc(OC)c(/C=N\NC(=O)c2cccc(NC(=O)c3ccccc3C)c2)cc1Br. The number of nitrogens with one attached hydrogen (secondary N) is 2. The Balaban J connectivity index is 1.70. The van der Waals surface area contributed by atoms with E-state index in [4.69, 9.17) is 9.47 Å². The molecule has 32 heavy (non-hydrogen) atoms. The Morgan fingerprint density at radius 3 is 2.41 bits per heavy atom. The van der Waals surface area contributed by atoms with E-state index in [0.717, 1.165) is 10.0 Å². The van der Waals surface area contributed by atoms with Crippen LogP contribution in [0.25, 0.3) is 0 Å². The maximum Gasteiger partial charge on any atom is 0.271 e. The van der Waals surface area contributed by atoms with Crippen LogP contribution in [0, 0.1) is 6.92 Å². The molecule has 0 saturated carbocycles. The molecule has 0 bridgehead atoms. The van der Waals surface area contributed by atoms with Gasteiger partial charge in [-0.3, -0.25) is 9.59 Å². The third kappa shape index (κ3) is 5.53. The van der Waals surface area contributed by atoms with Crippen LogP contribution in [0.2, 0.25) is 0 Å². The fourth-order valence-corrected chi connectivity index (χ4v) is 3.50. The van der Waals surface area contributed by atoms with Gasteiger partial charge in [0.15, 0.2) is 0 Å². The lowest BCUT2D eigenvalue weighted by Gasteiger charge is -2.10. The Kier molecular flexibility index (Phi) is 7.62. The smallest absolute Gasteiger partial charge is 0.271 e. The molecule has 8 heteroatoms. The van der Waals surface area contributed by atoms with E-state index in [2.05, 4.69) is 31.8 Å². The summed E-state index contributed by atoms with van der Waals surface area (Å²) in [5, 5.41) is 6.84. The number of carbonyl (C=O) groups is 2. The minimum atomic E-state index is -0.417. The van der Waals surface area contributed by atoms with E-state index in [0.29, 0.717) is 33.9 Å². The van der Waals surface area contributed by atoms with E-state index in [1.807, 2.05) is 19.1 Å². The normalized spacial score (nSPS) is 10.6. The first-order valence-corrected chi connectivity index (χ1v) is 10.4. The average Bonchev–Trinajstić information content (AvgIpc) is 2.79. The van der Waals surface area contributed by atoms with Crippen molar-refractivity contribution in [3.8, 4) is 11.5 Å². The Morgan fingerprint density at radius 1 is 0.938 bits per heavy atom. The molecule has 3 rings (SSSR count). The number of benzene rings is 3. The van der Waals surface area contributed by atoms with E-state index < -0.39 is 5.91 Å². The highest BCUT2D eigenvalue weighted by atomic mass is 79.9. The second kappa shape index (κ2) is 10.6. The lowest BCUT2D eigenvalue weighted by molar-refractivity contribution is 0.0953. The minimum absolute atomic E-state index is 0.240. The van der Waals surface area contributed by atoms with Crippen molar-refractivity contribution in [3.63, 3.8) is 0 Å². The number of aryl methyl sites for hydroxylation is 1. The molecule has 2 N–H and O–H groups in total. The lowest BCUT2D eigenvalue weighted by atomic mass is 10.1. The van der Waals surface area contributed by atoms with Crippen LogP contribution < -0.4 is 20.2 Å². The first-order chi connectivity index (χ1) is 15.4. The van der Waals surface area contributed by atoms with Gasteiger partial charge in [-0.25, -0.2) is 5.43 Å². The number of nitrogens with zero attached hydrogens (tertiary/aromatic N) is 1. The molecule has 7 nitrogen and oxygen atoms in total. The van der Waals surface area contributed by atoms with Crippen LogP contribution in [0.4, 0.5) is 5.69 Å². The highest BCUT2D eigenvalue weighted by Crippen LogP contribution is 2.31. The number of halogens is 1. The highest BCUT2D eigenvalue weighted by molar-refractivity contribution is 9.10. The van der Waals surface area contributed by atoms with Crippen molar-refractivity contribution in [2.45, 2.75) is 6.92 Å². The summed E-state index contributed by atoms with van der Waals surface area (Å²) in [4.78, 5) is 25.0. The molecule has 3 aromatic rings. The first-order valence-electron chi connectivity index (χ1n) is 9.65. The van der Waals surface area contributed by atoms with E-state index in [1.165, 1.54) is 13.3 Å². The van der Waals surface area contributed by atoms with E-state index in [9.17, 15) is 9.59 Å². The zero-order chi connectivity index (χ0) is 23.1. The van der Waals surface area contributed by atoms with Gasteiger partial charge in [0.2, 0.25) is 0 Å². The zero-order valence-electron chi connectivity index (χ0n) is 17.8. The number of hydrogen-bond acceptors (Lipinski definition) is 5. The number of amides is 2. The maximum absolute atomic E-state index is 12.5. The highest BCUT2D eigenvalue weighted by Gasteiger charge is 2.11. The zero-order valence-corrected chi connectivity index (χ0v) is 19.4. The van der Waals surface area contributed by atoms with Crippen LogP contribution in [-0.2, 0) is 0 Å². The van der Waals surface area contributed by atoms with Crippen molar-refractivity contribution in [3.05, 3.63) is 87.4 Å². The summed E-state index contributed by atoms with van der Waals surface area (Å²) in [6.07, 6.45) is 1.48. The molecule has 0 aromatic heterocycles. The van der Waals surface area contributed by atoms with Crippen LogP contribution in [-0.4, -0.2) is 32.2 Å². The van der Waals surface area contributed by atoms with Crippen molar-refractivity contribution >= 4 is 39.6 Å². The molecule has 3 aromatic carbocycles. The fraction of sp³-hybridized carbons (Fsp3) is 0.125. The minimum Gasteiger partial charge on any atom is -0.496 e. The van der Waals surface area contributed by atoms with Gasteiger partial charge in [0.1, 0.15) is 11.5 Å². The summed E-state index contributed by atoms with van der Waals surface area (Å²) in [5.74, 6) is 0.507. The quantitative estimate of drug-likeness (QED) is 0.364. The van der Waals surface area contributed by atoms with Gasteiger partial charge in [-0.05, 0) is 58.7 Å². The predicted molar refractivity (Wildman–Crippen MR) is 128 cm³/mol. The molecular weight excluding hydrogens is 474 g/mol. The molecule has 0 radical (unpaired) electrons. The molecular formula is C24H22BrN3O4. The summed E-state index contributed by atoms with van der Waals surface area (Å²) in [6, 6.07) is 17.4. The van der Waals surface area contributed by atoms with Crippen molar-refractivity contribution in [1.29, 1.82) is 0 Å². The van der Waals surface area contributed by atoms with Gasteiger partial charge in [0, 0.05) is 28.4 Å². The number of rotatable bonds is 7. The molecule has 0 fully saturated rings. The van der Waals surface area contributed by atoms with Crippen LogP contribution in [0.3, 0.4) is 0 Å². The predicted octanol–water partition coefficient (Wildman–Crippen LogP) is 4.79. The second-order valence-corrected chi connectivity index (χ2v) is 7.63. The van der Waals surface area contributed by atoms with Gasteiger partial charge in [-0.2, -0.15) is 5.10 Å². The third-order valence-electron chi connectivity index (χ3n) is 4.65. The van der Waals surface area contributed by atoms with Gasteiger partial charge in [-0.1, -0.05) is 24.3 Å². The van der Waals surface area contributed by atoms with Gasteiger partial charge in [0.05, 0.1) is 24.9 Å². The Morgan fingerprint density at radius 2 is 1.69 bits per heavy atom. The summed E-state index contributed by atoms with van der Waals surface area (Å²) in [7, 11) is 3.10. The average molecular weight is 496 g/mol. The van der Waals surface area contributed by atoms with Crippen LogP contribution in [0.1, 0.15) is 31.8 Å². The molecule has 0 atom stereocenters. The number of carbonyl (C=O) groups excluding carboxylic acids is 2. The van der Waals surface area contributed by atoms with Gasteiger partial charge in [-0.15, -0.1) is 0 Å². The molecule has 0 saturated heterocycles. The monoisotopic (exact) mass is 495 g/mol. The van der Waals surface area contributed by atoms with Crippen LogP contribution >= 0.6 is 15.9 Å². The van der Waals surface area contributed by atoms with Gasteiger partial charge >= 0.3 is 0 Å². The molecule has 0 aliphatic heterocycles. The summed E-state index contributed by atoms with van der Waals surface area (Å²) < 4.78 is 11.3. The largest absolute Gasteiger partial charge is 0.496 e. The molecule has 0 spiro atoms. The second-order valence-electron chi connectivity index (χ2n) is 6.78. The summed E-state index contributed by atoms with van der Waals surface area (Å²) in [5.41, 5.74) is 5.45. The molecule has 0 heterocycles. The van der Waals surface area contributed by atoms with Crippen LogP contribution in [0.15, 0.2) is 70.2 Å². The van der Waals surface area contributed by atoms with Crippen molar-refractivity contribution in [2.24, 2.45) is 5.10 Å². The number of hydrazone groups is 1. The van der Waals surface area contributed by atoms with Gasteiger partial charge in [0.25, 0.3) is 11.8 Å². The Bertz CT molecular complexity index is 1180. The van der Waals surface area contributed by atoms with Gasteiger partial charge < -0.3 is 14.8 Å². The third-order valence-corrected chi connectivity index (χ3v) is 5.27. The summed E-state index contributed by atoms with van der Waals surface area (Å²) >= 11 is 3.41. The van der Waals surface area contributed by atoms with Crippen molar-refractivity contribution < 1.29 is 19.1 Å². The fourth-order valence-electron chi connectivity index (χ4n) is 2.97. The van der Waals surface area contributed by atoms with E-state index >= 15 is 0 Å². The summed E-state index contributed by atoms with van der Waals surface area (Å²) in [6.45, 7) is 1.87.